The van der Waals surface area contributed by atoms with E-state index in [9.17, 15) is 0 Å². The Labute approximate surface area is 170 Å². The molecule has 0 atom stereocenters. The summed E-state index contributed by atoms with van der Waals surface area (Å²) in [5.41, 5.74) is 3.87. The van der Waals surface area contributed by atoms with Gasteiger partial charge in [-0.05, 0) is 41.0 Å². The maximum Gasteiger partial charge on any atom is 0.169 e. The van der Waals surface area contributed by atoms with Gasteiger partial charge in [0.1, 0.15) is 6.61 Å². The van der Waals surface area contributed by atoms with Gasteiger partial charge in [-0.2, -0.15) is 0 Å². The van der Waals surface area contributed by atoms with E-state index in [1.807, 2.05) is 66.7 Å². The van der Waals surface area contributed by atoms with Crippen LogP contribution in [0.4, 0.5) is 0 Å². The number of hydrogen-bond donors (Lipinski definition) is 2. The zero-order chi connectivity index (χ0) is 19.8. The van der Waals surface area contributed by atoms with Crippen LogP contribution in [0.15, 0.2) is 66.7 Å². The van der Waals surface area contributed by atoms with Gasteiger partial charge in [0.25, 0.3) is 0 Å². The second-order valence-electron chi connectivity index (χ2n) is 6.26. The Morgan fingerprint density at radius 1 is 1.04 bits per heavy atom. The maximum absolute atomic E-state index is 7.59. The van der Waals surface area contributed by atoms with E-state index < -0.39 is 0 Å². The summed E-state index contributed by atoms with van der Waals surface area (Å²) in [6.07, 6.45) is 1.31. The normalized spacial score (nSPS) is 10.5. The third-order valence-electron chi connectivity index (χ3n) is 4.32. The molecule has 3 aromatic carbocycles. The van der Waals surface area contributed by atoms with Gasteiger partial charge in [-0.3, -0.25) is 0 Å². The molecule has 0 saturated heterocycles. The predicted molar refractivity (Wildman–Crippen MR) is 115 cm³/mol. The van der Waals surface area contributed by atoms with Crippen LogP contribution < -0.4 is 14.8 Å². The van der Waals surface area contributed by atoms with Crippen LogP contribution in [0.5, 0.6) is 11.5 Å². The molecule has 4 nitrogen and oxygen atoms in total. The highest BCUT2D eigenvalue weighted by molar-refractivity contribution is 6.30. The van der Waals surface area contributed by atoms with Crippen LogP contribution in [-0.4, -0.2) is 26.5 Å². The topological polar surface area (TPSA) is 54.3 Å². The van der Waals surface area contributed by atoms with E-state index in [4.69, 9.17) is 26.5 Å². The average Bonchev–Trinajstić information content (AvgIpc) is 2.75. The quantitative estimate of drug-likeness (QED) is 0.388. The van der Waals surface area contributed by atoms with E-state index >= 15 is 0 Å². The Hall–Kier alpha value is -2.82. The fourth-order valence-electron chi connectivity index (χ4n) is 2.90. The fraction of sp³-hybridized carbons (Fsp3) is 0.174. The Balaban J connectivity index is 1.69. The number of benzene rings is 3. The van der Waals surface area contributed by atoms with Gasteiger partial charge in [-0.25, -0.2) is 0 Å². The standard InChI is InChI=1S/C23H23ClN2O2/c1-27-22-14-18(15-25)13-21(19-5-3-2-4-6-19)23(22)28-12-11-26-16-17-7-9-20(24)10-8-17/h2-10,13-15,25-26H,11-12,16H2,1H3. The molecule has 0 radical (unpaired) electrons. The molecule has 0 saturated carbocycles. The molecule has 28 heavy (non-hydrogen) atoms. The Morgan fingerprint density at radius 3 is 2.46 bits per heavy atom. The molecule has 3 rings (SSSR count). The van der Waals surface area contributed by atoms with Crippen molar-refractivity contribution in [2.45, 2.75) is 6.54 Å². The van der Waals surface area contributed by atoms with Crippen molar-refractivity contribution in [1.82, 2.24) is 5.32 Å². The van der Waals surface area contributed by atoms with Crippen molar-refractivity contribution in [2.24, 2.45) is 0 Å². The lowest BCUT2D eigenvalue weighted by Gasteiger charge is -2.17. The molecule has 0 unspecified atom stereocenters. The summed E-state index contributed by atoms with van der Waals surface area (Å²) in [5, 5.41) is 11.7. The van der Waals surface area contributed by atoms with Crippen LogP contribution in [0, 0.1) is 5.41 Å². The largest absolute Gasteiger partial charge is 0.493 e. The first-order chi connectivity index (χ1) is 13.7. The lowest BCUT2D eigenvalue weighted by molar-refractivity contribution is 0.293. The van der Waals surface area contributed by atoms with Crippen LogP contribution >= 0.6 is 11.6 Å². The van der Waals surface area contributed by atoms with Crippen molar-refractivity contribution in [3.63, 3.8) is 0 Å². The van der Waals surface area contributed by atoms with Crippen molar-refractivity contribution in [3.05, 3.63) is 82.9 Å². The molecule has 0 bridgehead atoms. The Kier molecular flexibility index (Phi) is 7.06. The van der Waals surface area contributed by atoms with Crippen molar-refractivity contribution in [3.8, 4) is 22.6 Å². The van der Waals surface area contributed by atoms with Crippen LogP contribution in [0.2, 0.25) is 5.02 Å². The number of nitrogens with one attached hydrogen (secondary N) is 2. The van der Waals surface area contributed by atoms with Crippen molar-refractivity contribution >= 4 is 17.8 Å². The summed E-state index contributed by atoms with van der Waals surface area (Å²) < 4.78 is 11.6. The number of hydrogen-bond acceptors (Lipinski definition) is 4. The molecule has 0 aliphatic carbocycles. The van der Waals surface area contributed by atoms with Crippen LogP contribution in [0.3, 0.4) is 0 Å². The predicted octanol–water partition coefficient (Wildman–Crippen LogP) is 5.18. The van der Waals surface area contributed by atoms with Gasteiger partial charge >= 0.3 is 0 Å². The summed E-state index contributed by atoms with van der Waals surface area (Å²) in [5.74, 6) is 1.31. The second kappa shape index (κ2) is 9.93. The molecule has 0 aliphatic heterocycles. The van der Waals surface area contributed by atoms with Crippen LogP contribution in [-0.2, 0) is 6.54 Å². The number of ether oxygens (including phenoxy) is 2. The molecule has 0 heterocycles. The lowest BCUT2D eigenvalue weighted by atomic mass is 10.0. The molecule has 0 spiro atoms. The molecule has 2 N–H and O–H groups in total. The van der Waals surface area contributed by atoms with Gasteiger partial charge in [0.2, 0.25) is 0 Å². The highest BCUT2D eigenvalue weighted by Crippen LogP contribution is 2.39. The molecule has 0 aliphatic rings. The third-order valence-corrected chi connectivity index (χ3v) is 4.57. The number of halogens is 1. The molecular formula is C23H23ClN2O2. The second-order valence-corrected chi connectivity index (χ2v) is 6.70. The van der Waals surface area contributed by atoms with Gasteiger partial charge in [0, 0.05) is 29.9 Å². The molecule has 3 aromatic rings. The van der Waals surface area contributed by atoms with E-state index in [2.05, 4.69) is 5.32 Å². The smallest absolute Gasteiger partial charge is 0.169 e. The van der Waals surface area contributed by atoms with Gasteiger partial charge < -0.3 is 20.2 Å². The molecule has 144 valence electrons. The summed E-state index contributed by atoms with van der Waals surface area (Å²) in [6, 6.07) is 21.5. The van der Waals surface area contributed by atoms with Crippen LogP contribution in [0.1, 0.15) is 11.1 Å². The van der Waals surface area contributed by atoms with Gasteiger partial charge in [-0.15, -0.1) is 0 Å². The van der Waals surface area contributed by atoms with E-state index in [0.29, 0.717) is 24.7 Å². The molecule has 5 heteroatoms. The minimum Gasteiger partial charge on any atom is -0.493 e. The fourth-order valence-corrected chi connectivity index (χ4v) is 3.03. The molecule has 0 aromatic heterocycles. The number of methoxy groups -OCH3 is 1. The zero-order valence-corrected chi connectivity index (χ0v) is 16.5. The lowest BCUT2D eigenvalue weighted by Crippen LogP contribution is -2.20. The first-order valence-electron chi connectivity index (χ1n) is 9.07. The minimum atomic E-state index is 0.494. The molecule has 0 amide bonds. The van der Waals surface area contributed by atoms with Crippen molar-refractivity contribution in [1.29, 1.82) is 5.41 Å². The highest BCUT2D eigenvalue weighted by Gasteiger charge is 2.14. The summed E-state index contributed by atoms with van der Waals surface area (Å²) in [6.45, 7) is 1.93. The summed E-state index contributed by atoms with van der Waals surface area (Å²) >= 11 is 5.91. The highest BCUT2D eigenvalue weighted by atomic mass is 35.5. The van der Waals surface area contributed by atoms with E-state index in [1.54, 1.807) is 7.11 Å². The Bertz CT molecular complexity index is 912. The maximum atomic E-state index is 7.59. The van der Waals surface area contributed by atoms with Crippen molar-refractivity contribution < 1.29 is 9.47 Å². The van der Waals surface area contributed by atoms with E-state index in [1.165, 1.54) is 11.8 Å². The van der Waals surface area contributed by atoms with E-state index in [0.717, 1.165) is 28.3 Å². The first-order valence-corrected chi connectivity index (χ1v) is 9.45. The first kappa shape index (κ1) is 19.9. The van der Waals surface area contributed by atoms with Gasteiger partial charge in [0.15, 0.2) is 11.5 Å². The monoisotopic (exact) mass is 394 g/mol. The molecule has 0 fully saturated rings. The molecular weight excluding hydrogens is 372 g/mol. The average molecular weight is 395 g/mol. The third kappa shape index (κ3) is 5.12. The van der Waals surface area contributed by atoms with E-state index in [-0.39, 0.29) is 0 Å². The van der Waals surface area contributed by atoms with Crippen molar-refractivity contribution in [2.75, 3.05) is 20.3 Å². The summed E-state index contributed by atoms with van der Waals surface area (Å²) in [4.78, 5) is 0. The Morgan fingerprint density at radius 2 is 1.79 bits per heavy atom. The SMILES string of the molecule is COc1cc(C=N)cc(-c2ccccc2)c1OCCNCc1ccc(Cl)cc1. The van der Waals surface area contributed by atoms with Gasteiger partial charge in [-0.1, -0.05) is 54.1 Å². The van der Waals surface area contributed by atoms with Crippen LogP contribution in [0.25, 0.3) is 11.1 Å². The number of rotatable bonds is 9. The summed E-state index contributed by atoms with van der Waals surface area (Å²) in [7, 11) is 1.61. The zero-order valence-electron chi connectivity index (χ0n) is 15.7. The van der Waals surface area contributed by atoms with Gasteiger partial charge in [0.05, 0.1) is 7.11 Å². The minimum absolute atomic E-state index is 0.494.